The fourth-order valence-corrected chi connectivity index (χ4v) is 4.32. The number of carbonyl (C=O) groups excluding carboxylic acids is 1. The zero-order valence-corrected chi connectivity index (χ0v) is 18.2. The molecule has 2 unspecified atom stereocenters. The van der Waals surface area contributed by atoms with Crippen LogP contribution < -0.4 is 16.0 Å². The van der Waals surface area contributed by atoms with Gasteiger partial charge >= 0.3 is 0 Å². The first-order valence-electron chi connectivity index (χ1n) is 10.3. The van der Waals surface area contributed by atoms with Crippen LogP contribution in [0.5, 0.6) is 0 Å². The van der Waals surface area contributed by atoms with Gasteiger partial charge in [0, 0.05) is 31.9 Å². The molecule has 1 saturated carbocycles. The number of fused-ring (bicyclic) bond motifs is 1. The van der Waals surface area contributed by atoms with Crippen molar-refractivity contribution >= 4 is 28.9 Å². The van der Waals surface area contributed by atoms with Gasteiger partial charge in [-0.25, -0.2) is 18.3 Å². The number of nitrogens with one attached hydrogen (secondary N) is 1. The van der Waals surface area contributed by atoms with Crippen molar-refractivity contribution in [1.29, 1.82) is 0 Å². The Balaban J connectivity index is 1.73. The highest BCUT2D eigenvalue weighted by Crippen LogP contribution is 2.39. The second-order valence-corrected chi connectivity index (χ2v) is 8.25. The molecule has 9 nitrogen and oxygen atoms in total. The van der Waals surface area contributed by atoms with E-state index < -0.39 is 17.9 Å². The van der Waals surface area contributed by atoms with E-state index in [0.717, 1.165) is 5.52 Å². The molecule has 1 aliphatic rings. The van der Waals surface area contributed by atoms with E-state index in [1.807, 2.05) is 23.1 Å². The predicted molar refractivity (Wildman–Crippen MR) is 117 cm³/mol. The van der Waals surface area contributed by atoms with E-state index in [4.69, 9.17) is 5.73 Å². The number of anilines is 3. The number of amides is 1. The van der Waals surface area contributed by atoms with Crippen molar-refractivity contribution in [2.24, 2.45) is 5.73 Å². The summed E-state index contributed by atoms with van der Waals surface area (Å²) in [6.45, 7) is 0. The molecule has 2 atom stereocenters. The SMILES string of the molecule is CN(C)C1CCCC(F)(F)C1N(C)c1ncc(C(N)=O)c(Nc2cnn3ccccc23)n1. The topological polar surface area (TPSA) is 105 Å². The summed E-state index contributed by atoms with van der Waals surface area (Å²) in [6.07, 6.45) is 5.53. The van der Waals surface area contributed by atoms with Crippen LogP contribution in [-0.2, 0) is 0 Å². The number of aromatic nitrogens is 4. The maximum absolute atomic E-state index is 15.0. The minimum atomic E-state index is -2.91. The van der Waals surface area contributed by atoms with Crippen LogP contribution in [0.3, 0.4) is 0 Å². The number of nitrogens with zero attached hydrogens (tertiary/aromatic N) is 6. The van der Waals surface area contributed by atoms with Crippen LogP contribution in [-0.4, -0.2) is 69.5 Å². The predicted octanol–water partition coefficient (Wildman–Crippen LogP) is 2.52. The Morgan fingerprint density at radius 1 is 1.28 bits per heavy atom. The summed E-state index contributed by atoms with van der Waals surface area (Å²) >= 11 is 0. The Kier molecular flexibility index (Phi) is 5.68. The molecule has 1 fully saturated rings. The number of pyridine rings is 1. The van der Waals surface area contributed by atoms with Crippen LogP contribution in [0, 0.1) is 0 Å². The fraction of sp³-hybridized carbons (Fsp3) is 0.429. The summed E-state index contributed by atoms with van der Waals surface area (Å²) in [4.78, 5) is 23.8. The lowest BCUT2D eigenvalue weighted by atomic mass is 9.85. The maximum atomic E-state index is 15.0. The minimum Gasteiger partial charge on any atom is -0.365 e. The van der Waals surface area contributed by atoms with Gasteiger partial charge in [-0.15, -0.1) is 0 Å². The molecule has 0 aliphatic heterocycles. The number of alkyl halides is 2. The van der Waals surface area contributed by atoms with E-state index in [-0.39, 0.29) is 29.8 Å². The molecular formula is C21H26F2N8O. The van der Waals surface area contributed by atoms with Crippen LogP contribution in [0.2, 0.25) is 0 Å². The molecule has 3 heterocycles. The van der Waals surface area contributed by atoms with Gasteiger partial charge in [0.2, 0.25) is 5.95 Å². The first-order chi connectivity index (χ1) is 15.2. The third kappa shape index (κ3) is 3.95. The molecule has 0 bridgehead atoms. The first-order valence-corrected chi connectivity index (χ1v) is 10.3. The maximum Gasteiger partial charge on any atom is 0.269 e. The highest BCUT2D eigenvalue weighted by Gasteiger charge is 2.50. The van der Waals surface area contributed by atoms with Crippen LogP contribution in [0.1, 0.15) is 29.6 Å². The molecule has 3 N–H and O–H groups in total. The van der Waals surface area contributed by atoms with Gasteiger partial charge in [-0.05, 0) is 39.1 Å². The van der Waals surface area contributed by atoms with E-state index in [0.29, 0.717) is 18.5 Å². The lowest BCUT2D eigenvalue weighted by molar-refractivity contribution is -0.0778. The van der Waals surface area contributed by atoms with Crippen molar-refractivity contribution in [3.05, 3.63) is 42.4 Å². The third-order valence-electron chi connectivity index (χ3n) is 5.92. The molecule has 3 aromatic rings. The van der Waals surface area contributed by atoms with E-state index in [9.17, 15) is 13.6 Å². The molecule has 0 radical (unpaired) electrons. The first kappa shape index (κ1) is 21.9. The van der Waals surface area contributed by atoms with Crippen LogP contribution in [0.4, 0.5) is 26.2 Å². The van der Waals surface area contributed by atoms with Crippen molar-refractivity contribution < 1.29 is 13.6 Å². The molecule has 170 valence electrons. The van der Waals surface area contributed by atoms with Crippen LogP contribution >= 0.6 is 0 Å². The quantitative estimate of drug-likeness (QED) is 0.602. The van der Waals surface area contributed by atoms with Crippen molar-refractivity contribution in [2.45, 2.75) is 37.3 Å². The molecular weight excluding hydrogens is 418 g/mol. The highest BCUT2D eigenvalue weighted by atomic mass is 19.3. The summed E-state index contributed by atoms with van der Waals surface area (Å²) in [6, 6.07) is 4.04. The van der Waals surface area contributed by atoms with Gasteiger partial charge in [-0.3, -0.25) is 4.79 Å². The van der Waals surface area contributed by atoms with Gasteiger partial charge in [-0.1, -0.05) is 6.07 Å². The monoisotopic (exact) mass is 444 g/mol. The molecule has 0 saturated heterocycles. The van der Waals surface area contributed by atoms with Gasteiger partial charge < -0.3 is 20.9 Å². The fourth-order valence-electron chi connectivity index (χ4n) is 4.32. The van der Waals surface area contributed by atoms with Gasteiger partial charge in [0.25, 0.3) is 11.8 Å². The molecule has 1 aliphatic carbocycles. The van der Waals surface area contributed by atoms with Crippen molar-refractivity contribution in [3.8, 4) is 0 Å². The molecule has 11 heteroatoms. The Morgan fingerprint density at radius 2 is 2.06 bits per heavy atom. The van der Waals surface area contributed by atoms with E-state index in [2.05, 4.69) is 20.4 Å². The number of likely N-dealkylation sites (N-methyl/N-ethyl adjacent to an activating group) is 2. The number of carbonyl (C=O) groups is 1. The summed E-state index contributed by atoms with van der Waals surface area (Å²) in [7, 11) is 5.14. The third-order valence-corrected chi connectivity index (χ3v) is 5.92. The summed E-state index contributed by atoms with van der Waals surface area (Å²) in [5.74, 6) is -3.43. The highest BCUT2D eigenvalue weighted by molar-refractivity contribution is 5.98. The van der Waals surface area contributed by atoms with E-state index in [1.54, 1.807) is 38.1 Å². The average molecular weight is 444 g/mol. The van der Waals surface area contributed by atoms with Gasteiger partial charge in [0.15, 0.2) is 0 Å². The largest absolute Gasteiger partial charge is 0.365 e. The zero-order valence-electron chi connectivity index (χ0n) is 18.2. The Hall–Kier alpha value is -3.34. The normalized spacial score (nSPS) is 20.4. The second kappa shape index (κ2) is 8.30. The van der Waals surface area contributed by atoms with Crippen molar-refractivity contribution in [3.63, 3.8) is 0 Å². The average Bonchev–Trinajstić information content (AvgIpc) is 3.15. The smallest absolute Gasteiger partial charge is 0.269 e. The number of primary amides is 1. The Morgan fingerprint density at radius 3 is 2.78 bits per heavy atom. The van der Waals surface area contributed by atoms with Crippen LogP contribution in [0.15, 0.2) is 36.8 Å². The van der Waals surface area contributed by atoms with Gasteiger partial charge in [-0.2, -0.15) is 10.1 Å². The summed E-state index contributed by atoms with van der Waals surface area (Å²) in [5.41, 5.74) is 6.91. The number of hydrogen-bond acceptors (Lipinski definition) is 7. The van der Waals surface area contributed by atoms with E-state index >= 15 is 0 Å². The number of hydrogen-bond donors (Lipinski definition) is 2. The molecule has 4 rings (SSSR count). The van der Waals surface area contributed by atoms with Gasteiger partial charge in [0.1, 0.15) is 17.4 Å². The van der Waals surface area contributed by atoms with Crippen molar-refractivity contribution in [1.82, 2.24) is 24.5 Å². The minimum absolute atomic E-state index is 0.0528. The van der Waals surface area contributed by atoms with Gasteiger partial charge in [0.05, 0.1) is 17.4 Å². The lowest BCUT2D eigenvalue weighted by Crippen LogP contribution is -2.60. The number of halogens is 2. The molecule has 32 heavy (non-hydrogen) atoms. The molecule has 3 aromatic heterocycles. The molecule has 0 spiro atoms. The number of rotatable bonds is 6. The lowest BCUT2D eigenvalue weighted by Gasteiger charge is -2.45. The second-order valence-electron chi connectivity index (χ2n) is 8.25. The summed E-state index contributed by atoms with van der Waals surface area (Å²) < 4.78 is 31.6. The Labute approximate surface area is 184 Å². The van der Waals surface area contributed by atoms with Crippen molar-refractivity contribution in [2.75, 3.05) is 31.4 Å². The van der Waals surface area contributed by atoms with E-state index in [1.165, 1.54) is 11.1 Å². The number of nitrogens with two attached hydrogens (primary N) is 1. The zero-order chi connectivity index (χ0) is 23.0. The Bertz CT molecular complexity index is 1130. The standard InChI is InChI=1S/C21H26F2N8O/c1-29(2)16-8-6-9-21(22,23)17(16)30(3)20-25-11-13(18(24)32)19(28-20)27-14-12-26-31-10-5-4-7-15(14)31/h4-5,7,10-12,16-17H,6,8-9H2,1-3H3,(H2,24,32)(H,25,27,28). The molecule has 1 amide bonds. The molecule has 0 aromatic carbocycles. The van der Waals surface area contributed by atoms with Crippen LogP contribution in [0.25, 0.3) is 5.52 Å². The summed E-state index contributed by atoms with van der Waals surface area (Å²) in [5, 5.41) is 7.32.